The highest BCUT2D eigenvalue weighted by Gasteiger charge is 2.23. The summed E-state index contributed by atoms with van der Waals surface area (Å²) < 4.78 is 27.8. The van der Waals surface area contributed by atoms with Crippen LogP contribution in [0.15, 0.2) is 65.0 Å². The molecule has 4 aromatic heterocycles. The Balaban J connectivity index is 1.43. The molecule has 0 aliphatic rings. The average Bonchev–Trinajstić information content (AvgIpc) is 3.43. The van der Waals surface area contributed by atoms with Gasteiger partial charge in [-0.1, -0.05) is 6.07 Å². The van der Waals surface area contributed by atoms with E-state index in [1.54, 1.807) is 26.1 Å². The predicted octanol–water partition coefficient (Wildman–Crippen LogP) is 5.87. The normalized spacial score (nSPS) is 11.0. The summed E-state index contributed by atoms with van der Waals surface area (Å²) in [6, 6.07) is 11.0. The van der Waals surface area contributed by atoms with Gasteiger partial charge >= 0.3 is 0 Å². The van der Waals surface area contributed by atoms with Crippen molar-refractivity contribution >= 4 is 34.0 Å². The van der Waals surface area contributed by atoms with Crippen molar-refractivity contribution in [3.05, 3.63) is 93.2 Å². The minimum Gasteiger partial charge on any atom is -0.495 e. The Hall–Kier alpha value is -4.57. The van der Waals surface area contributed by atoms with E-state index in [0.29, 0.717) is 33.8 Å². The summed E-state index contributed by atoms with van der Waals surface area (Å²) in [4.78, 5) is 35.9. The van der Waals surface area contributed by atoms with Gasteiger partial charge in [0.05, 0.1) is 24.4 Å². The molecule has 192 valence electrons. The van der Waals surface area contributed by atoms with Gasteiger partial charge in [-0.15, -0.1) is 11.3 Å². The Morgan fingerprint density at radius 2 is 1.89 bits per heavy atom. The zero-order chi connectivity index (χ0) is 27.0. The van der Waals surface area contributed by atoms with Crippen LogP contribution in [0.4, 0.5) is 10.1 Å². The molecule has 0 aliphatic carbocycles. The number of anilines is 1. The van der Waals surface area contributed by atoms with Gasteiger partial charge in [0, 0.05) is 53.4 Å². The molecule has 0 spiro atoms. The molecule has 0 saturated carbocycles. The highest BCUT2D eigenvalue weighted by atomic mass is 32.1. The number of carbonyl (C=O) groups excluding carboxylic acids is 1. The van der Waals surface area contributed by atoms with E-state index >= 15 is 4.39 Å². The zero-order valence-electron chi connectivity index (χ0n) is 21.0. The second kappa shape index (κ2) is 10.1. The number of amides is 1. The molecule has 1 amide bonds. The third kappa shape index (κ3) is 4.50. The van der Waals surface area contributed by atoms with Crippen LogP contribution in [0.5, 0.6) is 17.2 Å². The molecule has 0 atom stereocenters. The van der Waals surface area contributed by atoms with Crippen LogP contribution >= 0.6 is 11.3 Å². The molecule has 0 aliphatic heterocycles. The minimum absolute atomic E-state index is 0.00647. The second-order valence-corrected chi connectivity index (χ2v) is 9.49. The summed E-state index contributed by atoms with van der Waals surface area (Å²) in [5.74, 6) is -0.528. The topological polar surface area (TPSA) is 95.3 Å². The number of methoxy groups -OCH3 is 1. The first-order valence-corrected chi connectivity index (χ1v) is 12.5. The Morgan fingerprint density at radius 1 is 1.08 bits per heavy atom. The van der Waals surface area contributed by atoms with Gasteiger partial charge in [-0.25, -0.2) is 9.37 Å². The molecule has 0 unspecified atom stereocenters. The number of fused-ring (bicyclic) bond motifs is 1. The molecule has 0 radical (unpaired) electrons. The van der Waals surface area contributed by atoms with E-state index in [-0.39, 0.29) is 22.4 Å². The van der Waals surface area contributed by atoms with E-state index in [2.05, 4.69) is 15.3 Å². The number of pyridine rings is 3. The number of rotatable bonds is 6. The Labute approximate surface area is 221 Å². The first-order valence-electron chi connectivity index (χ1n) is 11.6. The maximum atomic E-state index is 15.0. The van der Waals surface area contributed by atoms with Gasteiger partial charge in [0.2, 0.25) is 5.43 Å². The lowest BCUT2D eigenvalue weighted by atomic mass is 10.0. The lowest BCUT2D eigenvalue weighted by Gasteiger charge is -2.17. The monoisotopic (exact) mass is 530 g/mol. The van der Waals surface area contributed by atoms with Crippen molar-refractivity contribution in [3.63, 3.8) is 0 Å². The molecular formula is C28H23FN4O4S. The number of hydrogen-bond acceptors (Lipinski definition) is 7. The highest BCUT2D eigenvalue weighted by molar-refractivity contribution is 7.13. The number of nitrogens with zero attached hydrogens (tertiary/aromatic N) is 3. The number of thiophene rings is 1. The molecule has 0 bridgehead atoms. The largest absolute Gasteiger partial charge is 0.495 e. The molecule has 10 heteroatoms. The van der Waals surface area contributed by atoms with Crippen LogP contribution in [-0.4, -0.2) is 27.6 Å². The highest BCUT2D eigenvalue weighted by Crippen LogP contribution is 2.32. The zero-order valence-corrected chi connectivity index (χ0v) is 21.9. The van der Waals surface area contributed by atoms with Gasteiger partial charge in [-0.05, 0) is 37.4 Å². The van der Waals surface area contributed by atoms with Crippen LogP contribution in [0.25, 0.3) is 21.5 Å². The van der Waals surface area contributed by atoms with Gasteiger partial charge < -0.3 is 19.4 Å². The summed E-state index contributed by atoms with van der Waals surface area (Å²) in [6.45, 7) is 3.55. The standard InChI is InChI=1S/C28H23FN4O4S/c1-15-24(23-6-5-11-38-23)27(34)25(16(2)33(15)3)28(35)32-17-7-8-21(19(29)12-17)37-22-9-10-30-20-13-18(36-4)14-31-26(20)22/h5-14H,1-4H3,(H,32,35). The molecule has 1 aromatic carbocycles. The molecule has 1 N–H and O–H groups in total. The van der Waals surface area contributed by atoms with E-state index < -0.39 is 11.7 Å². The van der Waals surface area contributed by atoms with Crippen molar-refractivity contribution in [2.45, 2.75) is 13.8 Å². The molecule has 5 aromatic rings. The van der Waals surface area contributed by atoms with Crippen LogP contribution < -0.4 is 20.2 Å². The smallest absolute Gasteiger partial charge is 0.261 e. The lowest BCUT2D eigenvalue weighted by Crippen LogP contribution is -2.28. The molecule has 5 rings (SSSR count). The van der Waals surface area contributed by atoms with Gasteiger partial charge in [-0.2, -0.15) is 0 Å². The van der Waals surface area contributed by atoms with E-state index in [9.17, 15) is 9.59 Å². The molecule has 38 heavy (non-hydrogen) atoms. The number of carbonyl (C=O) groups is 1. The summed E-state index contributed by atoms with van der Waals surface area (Å²) in [7, 11) is 3.33. The molecule has 0 fully saturated rings. The van der Waals surface area contributed by atoms with Crippen molar-refractivity contribution in [1.82, 2.24) is 14.5 Å². The number of halogens is 1. The van der Waals surface area contributed by atoms with Crippen molar-refractivity contribution in [1.29, 1.82) is 0 Å². The third-order valence-corrected chi connectivity index (χ3v) is 7.23. The van der Waals surface area contributed by atoms with E-state index in [1.165, 1.54) is 43.0 Å². The Morgan fingerprint density at radius 3 is 2.61 bits per heavy atom. The fraction of sp³-hybridized carbons (Fsp3) is 0.143. The molecular weight excluding hydrogens is 507 g/mol. The third-order valence-electron chi connectivity index (χ3n) is 6.34. The molecule has 8 nitrogen and oxygen atoms in total. The second-order valence-electron chi connectivity index (χ2n) is 8.54. The summed E-state index contributed by atoms with van der Waals surface area (Å²) in [6.07, 6.45) is 3.05. The summed E-state index contributed by atoms with van der Waals surface area (Å²) >= 11 is 1.43. The van der Waals surface area contributed by atoms with Crippen LogP contribution in [0.2, 0.25) is 0 Å². The predicted molar refractivity (Wildman–Crippen MR) is 145 cm³/mol. The SMILES string of the molecule is COc1cnc2c(Oc3ccc(NC(=O)c4c(C)n(C)c(C)c(-c5cccs5)c4=O)cc3F)ccnc2c1. The average molecular weight is 531 g/mol. The number of aromatic nitrogens is 3. The van der Waals surface area contributed by atoms with Crippen molar-refractivity contribution in [3.8, 4) is 27.7 Å². The number of nitrogens with one attached hydrogen (secondary N) is 1. The Bertz CT molecular complexity index is 1750. The maximum Gasteiger partial charge on any atom is 0.261 e. The van der Waals surface area contributed by atoms with Crippen molar-refractivity contribution in [2.24, 2.45) is 7.05 Å². The van der Waals surface area contributed by atoms with Crippen LogP contribution in [0, 0.1) is 19.7 Å². The van der Waals surface area contributed by atoms with Crippen LogP contribution in [0.3, 0.4) is 0 Å². The fourth-order valence-corrected chi connectivity index (χ4v) is 4.99. The number of benzene rings is 1. The van der Waals surface area contributed by atoms with E-state index in [1.807, 2.05) is 29.0 Å². The fourth-order valence-electron chi connectivity index (χ4n) is 4.17. The number of ether oxygens (including phenoxy) is 2. The van der Waals surface area contributed by atoms with Crippen LogP contribution in [-0.2, 0) is 7.05 Å². The number of hydrogen-bond donors (Lipinski definition) is 1. The Kier molecular flexibility index (Phi) is 6.64. The van der Waals surface area contributed by atoms with Crippen molar-refractivity contribution in [2.75, 3.05) is 12.4 Å². The summed E-state index contributed by atoms with van der Waals surface area (Å²) in [5, 5.41) is 4.53. The van der Waals surface area contributed by atoms with Crippen LogP contribution in [0.1, 0.15) is 21.7 Å². The maximum absolute atomic E-state index is 15.0. The quantitative estimate of drug-likeness (QED) is 0.295. The van der Waals surface area contributed by atoms with E-state index in [4.69, 9.17) is 9.47 Å². The molecule has 4 heterocycles. The lowest BCUT2D eigenvalue weighted by molar-refractivity contribution is 0.102. The molecule has 0 saturated heterocycles. The first-order chi connectivity index (χ1) is 18.3. The first kappa shape index (κ1) is 25.1. The van der Waals surface area contributed by atoms with Crippen molar-refractivity contribution < 1.29 is 18.7 Å². The minimum atomic E-state index is -0.700. The van der Waals surface area contributed by atoms with E-state index in [0.717, 1.165) is 16.6 Å². The van der Waals surface area contributed by atoms with Gasteiger partial charge in [0.15, 0.2) is 17.3 Å². The van der Waals surface area contributed by atoms with Gasteiger partial charge in [-0.3, -0.25) is 14.6 Å². The van der Waals surface area contributed by atoms with Gasteiger partial charge in [0.25, 0.3) is 5.91 Å². The van der Waals surface area contributed by atoms with Gasteiger partial charge in [0.1, 0.15) is 16.8 Å². The summed E-state index contributed by atoms with van der Waals surface area (Å²) in [5.41, 5.74) is 2.54.